The summed E-state index contributed by atoms with van der Waals surface area (Å²) in [5, 5.41) is 0. The van der Waals surface area contributed by atoms with E-state index in [4.69, 9.17) is 10.5 Å². The SMILES string of the molecule is C=C(/C=C/c1ccccc1)[C@](C)(N)C(=O)OCC. The maximum absolute atomic E-state index is 11.7. The van der Waals surface area contributed by atoms with E-state index in [2.05, 4.69) is 6.58 Å². The monoisotopic (exact) mass is 245 g/mol. The molecule has 0 aromatic heterocycles. The summed E-state index contributed by atoms with van der Waals surface area (Å²) in [4.78, 5) is 11.7. The van der Waals surface area contributed by atoms with E-state index < -0.39 is 11.5 Å². The summed E-state index contributed by atoms with van der Waals surface area (Å²) in [6.45, 7) is 7.49. The van der Waals surface area contributed by atoms with Gasteiger partial charge in [-0.25, -0.2) is 4.79 Å². The van der Waals surface area contributed by atoms with Gasteiger partial charge in [-0.3, -0.25) is 0 Å². The summed E-state index contributed by atoms with van der Waals surface area (Å²) in [5.74, 6) is -0.465. The van der Waals surface area contributed by atoms with Crippen molar-refractivity contribution in [3.8, 4) is 0 Å². The second-order valence-corrected chi connectivity index (χ2v) is 4.19. The normalized spacial score (nSPS) is 14.2. The molecule has 1 rings (SSSR count). The lowest BCUT2D eigenvalue weighted by molar-refractivity contribution is -0.147. The van der Waals surface area contributed by atoms with Gasteiger partial charge < -0.3 is 10.5 Å². The molecule has 0 radical (unpaired) electrons. The Morgan fingerprint density at radius 3 is 2.61 bits per heavy atom. The highest BCUT2D eigenvalue weighted by atomic mass is 16.5. The molecule has 18 heavy (non-hydrogen) atoms. The first-order chi connectivity index (χ1) is 8.48. The maximum atomic E-state index is 11.7. The number of carbonyl (C=O) groups excluding carboxylic acids is 1. The fourth-order valence-corrected chi connectivity index (χ4v) is 1.35. The molecule has 3 heteroatoms. The summed E-state index contributed by atoms with van der Waals surface area (Å²) in [5.41, 5.74) is 6.28. The smallest absolute Gasteiger partial charge is 0.330 e. The molecule has 2 N–H and O–H groups in total. The summed E-state index contributed by atoms with van der Waals surface area (Å²) >= 11 is 0. The van der Waals surface area contributed by atoms with Crippen molar-refractivity contribution >= 4 is 12.0 Å². The molecule has 0 amide bonds. The standard InChI is InChI=1S/C15H19NO2/c1-4-18-14(17)15(3,16)12(2)10-11-13-8-6-5-7-9-13/h5-11H,2,4,16H2,1,3H3/b11-10+/t15-/m0/s1. The average Bonchev–Trinajstić information content (AvgIpc) is 2.37. The van der Waals surface area contributed by atoms with Gasteiger partial charge in [-0.1, -0.05) is 49.1 Å². The topological polar surface area (TPSA) is 52.3 Å². The highest BCUT2D eigenvalue weighted by molar-refractivity contribution is 5.85. The van der Waals surface area contributed by atoms with Crippen molar-refractivity contribution in [1.29, 1.82) is 0 Å². The van der Waals surface area contributed by atoms with Crippen molar-refractivity contribution < 1.29 is 9.53 Å². The van der Waals surface area contributed by atoms with Crippen LogP contribution in [0, 0.1) is 0 Å². The molecule has 3 nitrogen and oxygen atoms in total. The third-order valence-electron chi connectivity index (χ3n) is 2.64. The second kappa shape index (κ2) is 6.17. The van der Waals surface area contributed by atoms with Crippen LogP contribution in [0.1, 0.15) is 19.4 Å². The molecule has 0 aliphatic carbocycles. The van der Waals surface area contributed by atoms with Crippen molar-refractivity contribution in [3.05, 3.63) is 54.1 Å². The number of hydrogen-bond donors (Lipinski definition) is 1. The Bertz CT molecular complexity index is 447. The van der Waals surface area contributed by atoms with Crippen LogP contribution in [0.4, 0.5) is 0 Å². The predicted molar refractivity (Wildman–Crippen MR) is 73.8 cm³/mol. The van der Waals surface area contributed by atoms with Crippen molar-refractivity contribution in [3.63, 3.8) is 0 Å². The molecule has 1 atom stereocenters. The Kier molecular flexibility index (Phi) is 4.86. The van der Waals surface area contributed by atoms with Gasteiger partial charge in [-0.05, 0) is 25.0 Å². The number of esters is 1. The molecule has 0 fully saturated rings. The van der Waals surface area contributed by atoms with Crippen LogP contribution in [0.3, 0.4) is 0 Å². The zero-order valence-electron chi connectivity index (χ0n) is 10.8. The zero-order chi connectivity index (χ0) is 13.6. The molecule has 0 aliphatic heterocycles. The summed E-state index contributed by atoms with van der Waals surface area (Å²) in [6, 6.07) is 9.74. The molecule has 0 bridgehead atoms. The largest absolute Gasteiger partial charge is 0.464 e. The van der Waals surface area contributed by atoms with Crippen LogP contribution in [0.2, 0.25) is 0 Å². The van der Waals surface area contributed by atoms with E-state index in [1.165, 1.54) is 0 Å². The third-order valence-corrected chi connectivity index (χ3v) is 2.64. The molecular weight excluding hydrogens is 226 g/mol. The van der Waals surface area contributed by atoms with Crippen molar-refractivity contribution in [2.24, 2.45) is 5.73 Å². The van der Waals surface area contributed by atoms with E-state index in [-0.39, 0.29) is 0 Å². The van der Waals surface area contributed by atoms with Crippen molar-refractivity contribution in [1.82, 2.24) is 0 Å². The second-order valence-electron chi connectivity index (χ2n) is 4.19. The lowest BCUT2D eigenvalue weighted by Gasteiger charge is -2.22. The van der Waals surface area contributed by atoms with Crippen LogP contribution in [-0.4, -0.2) is 18.1 Å². The van der Waals surface area contributed by atoms with Gasteiger partial charge in [0.1, 0.15) is 5.54 Å². The fourth-order valence-electron chi connectivity index (χ4n) is 1.35. The molecule has 0 aliphatic rings. The first kappa shape index (κ1) is 14.2. The Balaban J connectivity index is 2.76. The Morgan fingerprint density at radius 1 is 1.44 bits per heavy atom. The van der Waals surface area contributed by atoms with Gasteiger partial charge in [-0.15, -0.1) is 0 Å². The quantitative estimate of drug-likeness (QED) is 0.640. The van der Waals surface area contributed by atoms with Gasteiger partial charge in [0.05, 0.1) is 6.61 Å². The number of hydrogen-bond acceptors (Lipinski definition) is 3. The van der Waals surface area contributed by atoms with Crippen LogP contribution in [0.25, 0.3) is 6.08 Å². The molecule has 0 saturated carbocycles. The van der Waals surface area contributed by atoms with Gasteiger partial charge in [-0.2, -0.15) is 0 Å². The minimum absolute atomic E-state index is 0.307. The molecule has 0 saturated heterocycles. The number of ether oxygens (including phenoxy) is 1. The number of rotatable bonds is 5. The van der Waals surface area contributed by atoms with Gasteiger partial charge in [0.2, 0.25) is 0 Å². The predicted octanol–water partition coefficient (Wildman–Crippen LogP) is 2.54. The minimum atomic E-state index is -1.19. The lowest BCUT2D eigenvalue weighted by atomic mass is 9.93. The van der Waals surface area contributed by atoms with E-state index in [0.717, 1.165) is 5.56 Å². The van der Waals surface area contributed by atoms with E-state index >= 15 is 0 Å². The van der Waals surface area contributed by atoms with Crippen LogP contribution >= 0.6 is 0 Å². The Labute approximate surface area is 108 Å². The van der Waals surface area contributed by atoms with E-state index in [9.17, 15) is 4.79 Å². The minimum Gasteiger partial charge on any atom is -0.464 e. The van der Waals surface area contributed by atoms with Crippen LogP contribution < -0.4 is 5.73 Å². The van der Waals surface area contributed by atoms with Gasteiger partial charge >= 0.3 is 5.97 Å². The molecule has 0 spiro atoms. The molecule has 1 aromatic rings. The lowest BCUT2D eigenvalue weighted by Crippen LogP contribution is -2.47. The fraction of sp³-hybridized carbons (Fsp3) is 0.267. The van der Waals surface area contributed by atoms with E-state index in [1.54, 1.807) is 19.9 Å². The molecule has 1 aromatic carbocycles. The van der Waals surface area contributed by atoms with E-state index in [0.29, 0.717) is 12.2 Å². The maximum Gasteiger partial charge on any atom is 0.330 e. The first-order valence-electron chi connectivity index (χ1n) is 5.87. The van der Waals surface area contributed by atoms with Gasteiger partial charge in [0.15, 0.2) is 0 Å². The highest BCUT2D eigenvalue weighted by Crippen LogP contribution is 2.16. The highest BCUT2D eigenvalue weighted by Gasteiger charge is 2.31. The number of benzene rings is 1. The average molecular weight is 245 g/mol. The van der Waals surface area contributed by atoms with Crippen LogP contribution in [0.5, 0.6) is 0 Å². The summed E-state index contributed by atoms with van der Waals surface area (Å²) < 4.78 is 4.92. The molecule has 0 unspecified atom stereocenters. The van der Waals surface area contributed by atoms with Crippen molar-refractivity contribution in [2.45, 2.75) is 19.4 Å². The first-order valence-corrected chi connectivity index (χ1v) is 5.87. The molecular formula is C15H19NO2. The summed E-state index contributed by atoms with van der Waals surface area (Å²) in [7, 11) is 0. The van der Waals surface area contributed by atoms with Crippen LogP contribution in [-0.2, 0) is 9.53 Å². The molecule has 96 valence electrons. The van der Waals surface area contributed by atoms with Crippen molar-refractivity contribution in [2.75, 3.05) is 6.61 Å². The summed E-state index contributed by atoms with van der Waals surface area (Å²) in [6.07, 6.45) is 3.61. The van der Waals surface area contributed by atoms with Gasteiger partial charge in [0.25, 0.3) is 0 Å². The number of carbonyl (C=O) groups is 1. The number of nitrogens with two attached hydrogens (primary N) is 1. The Morgan fingerprint density at radius 2 is 2.06 bits per heavy atom. The van der Waals surface area contributed by atoms with E-state index in [1.807, 2.05) is 36.4 Å². The molecule has 0 heterocycles. The zero-order valence-corrected chi connectivity index (χ0v) is 10.8. The van der Waals surface area contributed by atoms with Gasteiger partial charge in [0, 0.05) is 0 Å². The Hall–Kier alpha value is -1.87. The van der Waals surface area contributed by atoms with Crippen LogP contribution in [0.15, 0.2) is 48.6 Å². The third kappa shape index (κ3) is 3.57.